The topological polar surface area (TPSA) is 84.3 Å². The van der Waals surface area contributed by atoms with Gasteiger partial charge < -0.3 is 5.32 Å². The molecule has 0 unspecified atom stereocenters. The SMILES string of the molecule is Cc1cc(S(=O)(=O)N2CCc3c(c(NC(=O)C4CC4)nn3C)C2)ccc1F. The molecular weight excluding hydrogens is 371 g/mol. The Hall–Kier alpha value is -2.26. The van der Waals surface area contributed by atoms with Crippen molar-refractivity contribution in [2.24, 2.45) is 13.0 Å². The standard InChI is InChI=1S/C18H21FN4O3S/c1-11-9-13(5-6-15(11)19)27(25,26)23-8-7-16-14(10-23)17(21-22(16)2)20-18(24)12-3-4-12/h5-6,9,12H,3-4,7-8,10H2,1-2H3,(H,20,21,24). The second-order valence-corrected chi connectivity index (χ2v) is 9.10. The molecule has 0 bridgehead atoms. The third-order valence-electron chi connectivity index (χ3n) is 5.16. The van der Waals surface area contributed by atoms with Gasteiger partial charge in [0, 0.05) is 43.7 Å². The third kappa shape index (κ3) is 3.25. The maximum atomic E-state index is 13.5. The summed E-state index contributed by atoms with van der Waals surface area (Å²) >= 11 is 0. The van der Waals surface area contributed by atoms with Gasteiger partial charge in [-0.2, -0.15) is 9.40 Å². The van der Waals surface area contributed by atoms with Crippen LogP contribution in [0, 0.1) is 18.7 Å². The Labute approximate surface area is 157 Å². The summed E-state index contributed by atoms with van der Waals surface area (Å²) in [5, 5.41) is 7.21. The number of hydrogen-bond acceptors (Lipinski definition) is 4. The number of rotatable bonds is 4. The van der Waals surface area contributed by atoms with Crippen LogP contribution in [0.15, 0.2) is 23.1 Å². The van der Waals surface area contributed by atoms with Gasteiger partial charge in [-0.3, -0.25) is 9.48 Å². The van der Waals surface area contributed by atoms with Crippen LogP contribution in [0.3, 0.4) is 0 Å². The maximum absolute atomic E-state index is 13.5. The molecule has 1 fully saturated rings. The van der Waals surface area contributed by atoms with Crippen molar-refractivity contribution in [1.82, 2.24) is 14.1 Å². The largest absolute Gasteiger partial charge is 0.309 e. The van der Waals surface area contributed by atoms with Gasteiger partial charge in [0.05, 0.1) is 4.90 Å². The Morgan fingerprint density at radius 1 is 1.33 bits per heavy atom. The van der Waals surface area contributed by atoms with Crippen LogP contribution in [-0.2, 0) is 34.8 Å². The molecule has 1 aromatic heterocycles. The van der Waals surface area contributed by atoms with Crippen molar-refractivity contribution in [3.05, 3.63) is 40.8 Å². The highest BCUT2D eigenvalue weighted by molar-refractivity contribution is 7.89. The molecule has 2 heterocycles. The predicted molar refractivity (Wildman–Crippen MR) is 97.0 cm³/mol. The smallest absolute Gasteiger partial charge is 0.243 e. The van der Waals surface area contributed by atoms with E-state index in [4.69, 9.17) is 0 Å². The number of hydrogen-bond donors (Lipinski definition) is 1. The highest BCUT2D eigenvalue weighted by atomic mass is 32.2. The Morgan fingerprint density at radius 3 is 2.74 bits per heavy atom. The molecule has 1 N–H and O–H groups in total. The minimum atomic E-state index is -3.77. The summed E-state index contributed by atoms with van der Waals surface area (Å²) in [4.78, 5) is 12.2. The number of anilines is 1. The minimum absolute atomic E-state index is 0.0354. The lowest BCUT2D eigenvalue weighted by molar-refractivity contribution is -0.117. The predicted octanol–water partition coefficient (Wildman–Crippen LogP) is 1.96. The van der Waals surface area contributed by atoms with Crippen LogP contribution in [0.25, 0.3) is 0 Å². The van der Waals surface area contributed by atoms with Crippen molar-refractivity contribution in [3.8, 4) is 0 Å². The van der Waals surface area contributed by atoms with Crippen molar-refractivity contribution < 1.29 is 17.6 Å². The Balaban J connectivity index is 1.63. The second-order valence-electron chi connectivity index (χ2n) is 7.16. The molecule has 0 saturated heterocycles. The summed E-state index contributed by atoms with van der Waals surface area (Å²) in [5.41, 5.74) is 1.93. The van der Waals surface area contributed by atoms with E-state index in [1.54, 1.807) is 11.7 Å². The minimum Gasteiger partial charge on any atom is -0.309 e. The number of carbonyl (C=O) groups is 1. The molecule has 1 aliphatic heterocycles. The van der Waals surface area contributed by atoms with Crippen LogP contribution >= 0.6 is 0 Å². The number of sulfonamides is 1. The Kier molecular flexibility index (Phi) is 4.31. The van der Waals surface area contributed by atoms with Crippen molar-refractivity contribution in [2.75, 3.05) is 11.9 Å². The number of halogens is 1. The zero-order chi connectivity index (χ0) is 19.3. The molecule has 0 radical (unpaired) electrons. The highest BCUT2D eigenvalue weighted by Crippen LogP contribution is 2.33. The lowest BCUT2D eigenvalue weighted by atomic mass is 10.1. The van der Waals surface area contributed by atoms with Gasteiger partial charge >= 0.3 is 0 Å². The zero-order valence-corrected chi connectivity index (χ0v) is 16.0. The molecule has 0 spiro atoms. The molecule has 4 rings (SSSR count). The highest BCUT2D eigenvalue weighted by Gasteiger charge is 2.35. The molecule has 0 atom stereocenters. The van der Waals surface area contributed by atoms with E-state index >= 15 is 0 Å². The summed E-state index contributed by atoms with van der Waals surface area (Å²) < 4.78 is 42.6. The lowest BCUT2D eigenvalue weighted by Crippen LogP contribution is -2.36. The first kappa shape index (κ1) is 18.1. The fourth-order valence-electron chi connectivity index (χ4n) is 3.36. The van der Waals surface area contributed by atoms with Gasteiger partial charge in [0.25, 0.3) is 0 Å². The van der Waals surface area contributed by atoms with Crippen LogP contribution in [0.2, 0.25) is 0 Å². The molecule has 2 aliphatic rings. The normalized spacial score (nSPS) is 17.6. The van der Waals surface area contributed by atoms with Gasteiger partial charge in [0.15, 0.2) is 5.82 Å². The molecule has 9 heteroatoms. The third-order valence-corrected chi connectivity index (χ3v) is 7.01. The number of benzene rings is 1. The van der Waals surface area contributed by atoms with E-state index < -0.39 is 15.8 Å². The van der Waals surface area contributed by atoms with E-state index in [9.17, 15) is 17.6 Å². The van der Waals surface area contributed by atoms with Crippen molar-refractivity contribution in [1.29, 1.82) is 0 Å². The lowest BCUT2D eigenvalue weighted by Gasteiger charge is -2.27. The maximum Gasteiger partial charge on any atom is 0.243 e. The fourth-order valence-corrected chi connectivity index (χ4v) is 4.86. The van der Waals surface area contributed by atoms with Gasteiger partial charge in [-0.25, -0.2) is 12.8 Å². The van der Waals surface area contributed by atoms with Crippen LogP contribution in [0.4, 0.5) is 10.2 Å². The fraction of sp³-hybridized carbons (Fsp3) is 0.444. The summed E-state index contributed by atoms with van der Waals surface area (Å²) in [7, 11) is -1.98. The van der Waals surface area contributed by atoms with Gasteiger partial charge in [-0.05, 0) is 43.5 Å². The summed E-state index contributed by atoms with van der Waals surface area (Å²) in [6.45, 7) is 1.97. The molecule has 1 saturated carbocycles. The molecule has 144 valence electrons. The average Bonchev–Trinajstić information content (AvgIpc) is 3.43. The Bertz CT molecular complexity index is 1030. The molecule has 7 nitrogen and oxygen atoms in total. The number of nitrogens with zero attached hydrogens (tertiary/aromatic N) is 3. The van der Waals surface area contributed by atoms with Gasteiger partial charge in [-0.15, -0.1) is 0 Å². The van der Waals surface area contributed by atoms with Crippen molar-refractivity contribution in [3.63, 3.8) is 0 Å². The number of aromatic nitrogens is 2. The molecular formula is C18H21FN4O3S. The number of nitrogens with one attached hydrogen (secondary N) is 1. The monoisotopic (exact) mass is 392 g/mol. The molecule has 2 aromatic rings. The van der Waals surface area contributed by atoms with Gasteiger partial charge in [-0.1, -0.05) is 0 Å². The van der Waals surface area contributed by atoms with E-state index in [1.807, 2.05) is 0 Å². The number of fused-ring (bicyclic) bond motifs is 1. The van der Waals surface area contributed by atoms with E-state index in [2.05, 4.69) is 10.4 Å². The first-order valence-electron chi connectivity index (χ1n) is 8.89. The molecule has 27 heavy (non-hydrogen) atoms. The van der Waals surface area contributed by atoms with Gasteiger partial charge in [0.2, 0.25) is 15.9 Å². The van der Waals surface area contributed by atoms with Crippen LogP contribution in [0.1, 0.15) is 29.7 Å². The summed E-state index contributed by atoms with van der Waals surface area (Å²) in [6.07, 6.45) is 2.26. The number of carbonyl (C=O) groups excluding carboxylic acids is 1. The Morgan fingerprint density at radius 2 is 2.07 bits per heavy atom. The van der Waals surface area contributed by atoms with Crippen molar-refractivity contribution in [2.45, 2.75) is 37.6 Å². The van der Waals surface area contributed by atoms with E-state index in [1.165, 1.54) is 29.4 Å². The van der Waals surface area contributed by atoms with Crippen LogP contribution in [-0.4, -0.2) is 35.0 Å². The van der Waals surface area contributed by atoms with Gasteiger partial charge in [0.1, 0.15) is 5.82 Å². The molecule has 1 aromatic carbocycles. The quantitative estimate of drug-likeness (QED) is 0.862. The van der Waals surface area contributed by atoms with Crippen LogP contribution < -0.4 is 5.32 Å². The summed E-state index contributed by atoms with van der Waals surface area (Å²) in [5.74, 6) is -0.0369. The van der Waals surface area contributed by atoms with E-state index in [-0.39, 0.29) is 28.8 Å². The average molecular weight is 392 g/mol. The first-order chi connectivity index (χ1) is 12.8. The molecule has 1 aliphatic carbocycles. The van der Waals surface area contributed by atoms with E-state index in [0.29, 0.717) is 18.8 Å². The van der Waals surface area contributed by atoms with Crippen LogP contribution in [0.5, 0.6) is 0 Å². The second kappa shape index (κ2) is 6.42. The number of amides is 1. The number of aryl methyl sites for hydroxylation is 2. The van der Waals surface area contributed by atoms with E-state index in [0.717, 1.165) is 24.1 Å². The molecule has 1 amide bonds. The van der Waals surface area contributed by atoms with Crippen molar-refractivity contribution >= 4 is 21.7 Å². The first-order valence-corrected chi connectivity index (χ1v) is 10.3. The summed E-state index contributed by atoms with van der Waals surface area (Å²) in [6, 6.07) is 3.80. The zero-order valence-electron chi connectivity index (χ0n) is 15.2.